The molecule has 0 atom stereocenters. The fourth-order valence-corrected chi connectivity index (χ4v) is 3.10. The Morgan fingerprint density at radius 3 is 2.53 bits per heavy atom. The summed E-state index contributed by atoms with van der Waals surface area (Å²) in [7, 11) is 0. The molecule has 0 aromatic heterocycles. The quantitative estimate of drug-likeness (QED) is 0.701. The normalized spacial score (nSPS) is 30.9. The second-order valence-corrected chi connectivity index (χ2v) is 5.50. The standard InChI is InChI=1S/C12H20N2O/c15-11-9-12(3-4-12)5-8-14(11)10-1-6-13-7-2-10/h10,13H,1-9H2. The average Bonchev–Trinajstić information content (AvgIpc) is 2.99. The molecule has 1 N–H and O–H groups in total. The molecule has 0 radical (unpaired) electrons. The molecule has 3 fully saturated rings. The molecule has 0 bridgehead atoms. The van der Waals surface area contributed by atoms with E-state index in [-0.39, 0.29) is 0 Å². The minimum atomic E-state index is 0.436. The monoisotopic (exact) mass is 208 g/mol. The van der Waals surface area contributed by atoms with E-state index in [2.05, 4.69) is 10.2 Å². The predicted octanol–water partition coefficient (Wildman–Crippen LogP) is 1.14. The summed E-state index contributed by atoms with van der Waals surface area (Å²) >= 11 is 0. The van der Waals surface area contributed by atoms with Gasteiger partial charge in [0.2, 0.25) is 5.91 Å². The van der Waals surface area contributed by atoms with E-state index in [0.29, 0.717) is 17.4 Å². The number of nitrogens with zero attached hydrogens (tertiary/aromatic N) is 1. The highest BCUT2D eigenvalue weighted by molar-refractivity contribution is 5.78. The van der Waals surface area contributed by atoms with Crippen molar-refractivity contribution in [1.29, 1.82) is 0 Å². The summed E-state index contributed by atoms with van der Waals surface area (Å²) in [6.45, 7) is 3.20. The molecule has 3 rings (SSSR count). The van der Waals surface area contributed by atoms with Crippen LogP contribution in [0.5, 0.6) is 0 Å². The molecular weight excluding hydrogens is 188 g/mol. The predicted molar refractivity (Wildman–Crippen MR) is 58.5 cm³/mol. The molecule has 3 heteroatoms. The largest absolute Gasteiger partial charge is 0.340 e. The van der Waals surface area contributed by atoms with Crippen molar-refractivity contribution >= 4 is 5.91 Å². The van der Waals surface area contributed by atoms with Gasteiger partial charge in [-0.15, -0.1) is 0 Å². The zero-order chi connectivity index (χ0) is 10.3. The molecule has 84 valence electrons. The van der Waals surface area contributed by atoms with Crippen LogP contribution in [-0.4, -0.2) is 36.5 Å². The molecule has 1 amide bonds. The lowest BCUT2D eigenvalue weighted by Gasteiger charge is -2.39. The Bertz CT molecular complexity index is 267. The van der Waals surface area contributed by atoms with E-state index in [9.17, 15) is 4.79 Å². The lowest BCUT2D eigenvalue weighted by molar-refractivity contribution is -0.138. The fraction of sp³-hybridized carbons (Fsp3) is 0.917. The van der Waals surface area contributed by atoms with Gasteiger partial charge in [-0.1, -0.05) is 0 Å². The third-order valence-corrected chi connectivity index (χ3v) is 4.44. The van der Waals surface area contributed by atoms with Crippen LogP contribution >= 0.6 is 0 Å². The first-order chi connectivity index (χ1) is 7.29. The van der Waals surface area contributed by atoms with Crippen LogP contribution in [0, 0.1) is 5.41 Å². The molecule has 0 aromatic carbocycles. The number of nitrogens with one attached hydrogen (secondary N) is 1. The van der Waals surface area contributed by atoms with Crippen molar-refractivity contribution in [3.05, 3.63) is 0 Å². The van der Waals surface area contributed by atoms with Crippen LogP contribution in [0.1, 0.15) is 38.5 Å². The number of rotatable bonds is 1. The van der Waals surface area contributed by atoms with Gasteiger partial charge in [-0.3, -0.25) is 4.79 Å². The average molecular weight is 208 g/mol. The minimum absolute atomic E-state index is 0.436. The summed E-state index contributed by atoms with van der Waals surface area (Å²) in [6.07, 6.45) is 7.02. The van der Waals surface area contributed by atoms with E-state index >= 15 is 0 Å². The Balaban J connectivity index is 1.63. The summed E-state index contributed by atoms with van der Waals surface area (Å²) in [4.78, 5) is 14.2. The van der Waals surface area contributed by atoms with Gasteiger partial charge in [0.05, 0.1) is 0 Å². The van der Waals surface area contributed by atoms with Crippen molar-refractivity contribution in [2.75, 3.05) is 19.6 Å². The molecule has 3 nitrogen and oxygen atoms in total. The van der Waals surface area contributed by atoms with Crippen LogP contribution in [0.15, 0.2) is 0 Å². The van der Waals surface area contributed by atoms with Crippen LogP contribution in [-0.2, 0) is 4.79 Å². The van der Waals surface area contributed by atoms with Crippen molar-refractivity contribution in [1.82, 2.24) is 10.2 Å². The second-order valence-electron chi connectivity index (χ2n) is 5.50. The topological polar surface area (TPSA) is 32.3 Å². The first kappa shape index (κ1) is 9.64. The molecule has 2 heterocycles. The van der Waals surface area contributed by atoms with Crippen molar-refractivity contribution in [3.8, 4) is 0 Å². The molecule has 1 spiro atoms. The zero-order valence-corrected chi connectivity index (χ0v) is 9.30. The summed E-state index contributed by atoms with van der Waals surface area (Å²) in [5.74, 6) is 0.436. The molecule has 1 aliphatic carbocycles. The van der Waals surface area contributed by atoms with E-state index in [1.54, 1.807) is 0 Å². The third kappa shape index (κ3) is 1.78. The van der Waals surface area contributed by atoms with Gasteiger partial charge in [0.15, 0.2) is 0 Å². The summed E-state index contributed by atoms with van der Waals surface area (Å²) in [6, 6.07) is 0.537. The third-order valence-electron chi connectivity index (χ3n) is 4.44. The Labute approximate surface area is 91.2 Å². The van der Waals surface area contributed by atoms with Gasteiger partial charge < -0.3 is 10.2 Å². The van der Waals surface area contributed by atoms with Gasteiger partial charge in [-0.05, 0) is 50.6 Å². The maximum Gasteiger partial charge on any atom is 0.223 e. The van der Waals surface area contributed by atoms with Gasteiger partial charge in [0, 0.05) is 19.0 Å². The maximum absolute atomic E-state index is 12.1. The molecule has 1 saturated carbocycles. The first-order valence-corrected chi connectivity index (χ1v) is 6.29. The Morgan fingerprint density at radius 1 is 1.20 bits per heavy atom. The number of carbonyl (C=O) groups is 1. The van der Waals surface area contributed by atoms with Crippen molar-refractivity contribution in [2.24, 2.45) is 5.41 Å². The zero-order valence-electron chi connectivity index (χ0n) is 9.30. The van der Waals surface area contributed by atoms with Crippen molar-refractivity contribution in [3.63, 3.8) is 0 Å². The van der Waals surface area contributed by atoms with Gasteiger partial charge in [0.25, 0.3) is 0 Å². The lowest BCUT2D eigenvalue weighted by Crippen LogP contribution is -2.49. The number of amides is 1. The molecule has 0 unspecified atom stereocenters. The highest BCUT2D eigenvalue weighted by atomic mass is 16.2. The SMILES string of the molecule is O=C1CC2(CCN1C1CCNCC1)CC2. The van der Waals surface area contributed by atoms with E-state index in [0.717, 1.165) is 38.9 Å². The van der Waals surface area contributed by atoms with Gasteiger partial charge in [-0.2, -0.15) is 0 Å². The fourth-order valence-electron chi connectivity index (χ4n) is 3.10. The van der Waals surface area contributed by atoms with E-state index < -0.39 is 0 Å². The molecule has 2 aliphatic heterocycles. The van der Waals surface area contributed by atoms with Crippen LogP contribution in [0.2, 0.25) is 0 Å². The molecular formula is C12H20N2O. The number of likely N-dealkylation sites (tertiary alicyclic amines) is 1. The van der Waals surface area contributed by atoms with E-state index in [4.69, 9.17) is 0 Å². The highest BCUT2D eigenvalue weighted by Crippen LogP contribution is 2.54. The van der Waals surface area contributed by atoms with Crippen molar-refractivity contribution < 1.29 is 4.79 Å². The Morgan fingerprint density at radius 2 is 1.93 bits per heavy atom. The number of hydrogen-bond donors (Lipinski definition) is 1. The number of piperidine rings is 2. The smallest absolute Gasteiger partial charge is 0.223 e. The lowest BCUT2D eigenvalue weighted by atomic mass is 9.90. The van der Waals surface area contributed by atoms with E-state index in [1.165, 1.54) is 19.3 Å². The second kappa shape index (κ2) is 3.48. The highest BCUT2D eigenvalue weighted by Gasteiger charge is 2.48. The first-order valence-electron chi connectivity index (χ1n) is 6.29. The molecule has 3 aliphatic rings. The maximum atomic E-state index is 12.1. The number of hydrogen-bond acceptors (Lipinski definition) is 2. The molecule has 15 heavy (non-hydrogen) atoms. The summed E-state index contributed by atoms with van der Waals surface area (Å²) < 4.78 is 0. The van der Waals surface area contributed by atoms with Crippen LogP contribution in [0.3, 0.4) is 0 Å². The summed E-state index contributed by atoms with van der Waals surface area (Å²) in [5, 5.41) is 3.36. The van der Waals surface area contributed by atoms with Crippen LogP contribution < -0.4 is 5.32 Å². The molecule has 0 aromatic rings. The molecule has 2 saturated heterocycles. The van der Waals surface area contributed by atoms with E-state index in [1.807, 2.05) is 0 Å². The van der Waals surface area contributed by atoms with Crippen LogP contribution in [0.4, 0.5) is 0 Å². The Kier molecular flexibility index (Phi) is 2.23. The van der Waals surface area contributed by atoms with Gasteiger partial charge >= 0.3 is 0 Å². The minimum Gasteiger partial charge on any atom is -0.340 e. The van der Waals surface area contributed by atoms with Crippen molar-refractivity contribution in [2.45, 2.75) is 44.6 Å². The summed E-state index contributed by atoms with van der Waals surface area (Å²) in [5.41, 5.74) is 0.473. The Hall–Kier alpha value is -0.570. The number of carbonyl (C=O) groups excluding carboxylic acids is 1. The van der Waals surface area contributed by atoms with Gasteiger partial charge in [-0.25, -0.2) is 0 Å². The van der Waals surface area contributed by atoms with Crippen LogP contribution in [0.25, 0.3) is 0 Å². The van der Waals surface area contributed by atoms with Gasteiger partial charge in [0.1, 0.15) is 0 Å².